The van der Waals surface area contributed by atoms with Crippen molar-refractivity contribution in [3.05, 3.63) is 23.0 Å². The summed E-state index contributed by atoms with van der Waals surface area (Å²) in [7, 11) is 2.06. The lowest BCUT2D eigenvalue weighted by Crippen LogP contribution is -2.19. The second-order valence-electron chi connectivity index (χ2n) is 4.19. The summed E-state index contributed by atoms with van der Waals surface area (Å²) >= 11 is 0. The first-order valence-corrected chi connectivity index (χ1v) is 6.04. The van der Waals surface area contributed by atoms with Crippen LogP contribution in [0.5, 0.6) is 0 Å². The topological polar surface area (TPSA) is 43.3 Å². The first-order chi connectivity index (χ1) is 8.06. The fourth-order valence-corrected chi connectivity index (χ4v) is 1.76. The first-order valence-electron chi connectivity index (χ1n) is 6.04. The zero-order valence-electron chi connectivity index (χ0n) is 11.2. The van der Waals surface area contributed by atoms with E-state index in [4.69, 9.17) is 4.74 Å². The lowest BCUT2D eigenvalue weighted by atomic mass is 10.2. The molecule has 0 atom stereocenters. The van der Waals surface area contributed by atoms with E-state index < -0.39 is 0 Å². The van der Waals surface area contributed by atoms with Crippen molar-refractivity contribution in [2.75, 3.05) is 13.2 Å². The van der Waals surface area contributed by atoms with Gasteiger partial charge in [-0.3, -0.25) is 4.79 Å². The predicted molar refractivity (Wildman–Crippen MR) is 67.8 cm³/mol. The Bertz CT molecular complexity index is 383. The number of esters is 1. The van der Waals surface area contributed by atoms with Gasteiger partial charge < -0.3 is 14.6 Å². The van der Waals surface area contributed by atoms with Crippen LogP contribution in [-0.2, 0) is 23.1 Å². The number of ether oxygens (including phenoxy) is 1. The van der Waals surface area contributed by atoms with Crippen LogP contribution in [0.1, 0.15) is 30.3 Å². The Kier molecular flexibility index (Phi) is 5.22. The fourth-order valence-electron chi connectivity index (χ4n) is 1.76. The van der Waals surface area contributed by atoms with E-state index in [1.54, 1.807) is 0 Å². The van der Waals surface area contributed by atoms with Gasteiger partial charge in [0.05, 0.1) is 13.0 Å². The summed E-state index contributed by atoms with van der Waals surface area (Å²) in [6.07, 6.45) is 0.429. The fraction of sp³-hybridized carbons (Fsp3) is 0.615. The molecule has 0 aliphatic heterocycles. The van der Waals surface area contributed by atoms with Gasteiger partial charge >= 0.3 is 5.97 Å². The maximum atomic E-state index is 11.1. The molecule has 0 saturated carbocycles. The molecule has 0 unspecified atom stereocenters. The molecule has 4 nitrogen and oxygen atoms in total. The van der Waals surface area contributed by atoms with Crippen molar-refractivity contribution in [1.29, 1.82) is 0 Å². The third kappa shape index (κ3) is 3.89. The largest absolute Gasteiger partial charge is 0.466 e. The highest BCUT2D eigenvalue weighted by molar-refractivity contribution is 5.69. The number of aryl methyl sites for hydroxylation is 1. The molecular weight excluding hydrogens is 216 g/mol. The smallest absolute Gasteiger partial charge is 0.307 e. The molecule has 1 rings (SSSR count). The van der Waals surface area contributed by atoms with Gasteiger partial charge in [0.25, 0.3) is 0 Å². The van der Waals surface area contributed by atoms with E-state index in [2.05, 4.69) is 36.8 Å². The summed E-state index contributed by atoms with van der Waals surface area (Å²) in [5.41, 5.74) is 3.81. The highest BCUT2D eigenvalue weighted by atomic mass is 16.5. The Morgan fingerprint density at radius 1 is 1.47 bits per heavy atom. The summed E-state index contributed by atoms with van der Waals surface area (Å²) in [5, 5.41) is 3.26. The van der Waals surface area contributed by atoms with E-state index >= 15 is 0 Å². The number of hydrogen-bond donors (Lipinski definition) is 1. The molecule has 1 heterocycles. The SMILES string of the molecule is CCOC(=O)CCNCc1cc(C)n(C)c1C. The first kappa shape index (κ1) is 13.8. The van der Waals surface area contributed by atoms with Crippen molar-refractivity contribution in [2.24, 2.45) is 7.05 Å². The summed E-state index contributed by atoms with van der Waals surface area (Å²) < 4.78 is 7.03. The van der Waals surface area contributed by atoms with Gasteiger partial charge in [0.1, 0.15) is 0 Å². The van der Waals surface area contributed by atoms with Crippen molar-refractivity contribution in [1.82, 2.24) is 9.88 Å². The molecule has 1 N–H and O–H groups in total. The molecule has 0 amide bonds. The number of carbonyl (C=O) groups is 1. The predicted octanol–water partition coefficient (Wildman–Crippen LogP) is 1.68. The normalized spacial score (nSPS) is 10.6. The van der Waals surface area contributed by atoms with E-state index in [0.29, 0.717) is 19.6 Å². The van der Waals surface area contributed by atoms with Gasteiger partial charge in [0, 0.05) is 31.5 Å². The Hall–Kier alpha value is -1.29. The molecule has 1 aromatic rings. The average molecular weight is 238 g/mol. The summed E-state index contributed by atoms with van der Waals surface area (Å²) in [6.45, 7) is 7.93. The number of nitrogens with one attached hydrogen (secondary N) is 1. The molecule has 0 bridgehead atoms. The monoisotopic (exact) mass is 238 g/mol. The third-order valence-corrected chi connectivity index (χ3v) is 3.01. The van der Waals surface area contributed by atoms with Crippen molar-refractivity contribution < 1.29 is 9.53 Å². The summed E-state index contributed by atoms with van der Waals surface area (Å²) in [5.74, 6) is -0.138. The molecular formula is C13H22N2O2. The molecule has 4 heteroatoms. The molecule has 17 heavy (non-hydrogen) atoms. The second-order valence-corrected chi connectivity index (χ2v) is 4.19. The minimum absolute atomic E-state index is 0.138. The number of aromatic nitrogens is 1. The van der Waals surface area contributed by atoms with Crippen LogP contribution in [-0.4, -0.2) is 23.7 Å². The van der Waals surface area contributed by atoms with Gasteiger partial charge in [-0.05, 0) is 32.4 Å². The molecule has 96 valence electrons. The Morgan fingerprint density at radius 2 is 2.18 bits per heavy atom. The minimum atomic E-state index is -0.138. The number of rotatable bonds is 6. The molecule has 0 spiro atoms. The van der Waals surface area contributed by atoms with Gasteiger partial charge in [-0.2, -0.15) is 0 Å². The van der Waals surface area contributed by atoms with Crippen LogP contribution >= 0.6 is 0 Å². The number of nitrogens with zero attached hydrogens (tertiary/aromatic N) is 1. The number of carbonyl (C=O) groups excluding carboxylic acids is 1. The Balaban J connectivity index is 2.31. The van der Waals surface area contributed by atoms with Crippen LogP contribution in [0.2, 0.25) is 0 Å². The zero-order valence-corrected chi connectivity index (χ0v) is 11.2. The van der Waals surface area contributed by atoms with Crippen LogP contribution < -0.4 is 5.32 Å². The molecule has 0 aliphatic carbocycles. The standard InChI is InChI=1S/C13H22N2O2/c1-5-17-13(16)6-7-14-9-12-8-10(2)15(4)11(12)3/h8,14H,5-7,9H2,1-4H3. The van der Waals surface area contributed by atoms with E-state index in [1.807, 2.05) is 6.92 Å². The molecule has 0 saturated heterocycles. The van der Waals surface area contributed by atoms with Crippen LogP contribution in [0.3, 0.4) is 0 Å². The van der Waals surface area contributed by atoms with Crippen molar-refractivity contribution in [2.45, 2.75) is 33.7 Å². The van der Waals surface area contributed by atoms with E-state index in [9.17, 15) is 4.79 Å². The van der Waals surface area contributed by atoms with Crippen molar-refractivity contribution >= 4 is 5.97 Å². The van der Waals surface area contributed by atoms with Crippen molar-refractivity contribution in [3.63, 3.8) is 0 Å². The van der Waals surface area contributed by atoms with Crippen molar-refractivity contribution in [3.8, 4) is 0 Å². The van der Waals surface area contributed by atoms with E-state index in [1.165, 1.54) is 17.0 Å². The molecule has 0 fully saturated rings. The number of hydrogen-bond acceptors (Lipinski definition) is 3. The quantitative estimate of drug-likeness (QED) is 0.606. The minimum Gasteiger partial charge on any atom is -0.466 e. The van der Waals surface area contributed by atoms with E-state index in [-0.39, 0.29) is 5.97 Å². The van der Waals surface area contributed by atoms with Gasteiger partial charge in [-0.1, -0.05) is 0 Å². The molecule has 0 radical (unpaired) electrons. The molecule has 1 aromatic heterocycles. The van der Waals surface area contributed by atoms with Crippen LogP contribution in [0, 0.1) is 13.8 Å². The molecule has 0 aliphatic rings. The van der Waals surface area contributed by atoms with Crippen LogP contribution in [0.4, 0.5) is 0 Å². The van der Waals surface area contributed by atoms with Gasteiger partial charge in [-0.15, -0.1) is 0 Å². The summed E-state index contributed by atoms with van der Waals surface area (Å²) in [4.78, 5) is 11.1. The van der Waals surface area contributed by atoms with E-state index in [0.717, 1.165) is 6.54 Å². The van der Waals surface area contributed by atoms with Gasteiger partial charge in [0.15, 0.2) is 0 Å². The highest BCUT2D eigenvalue weighted by Gasteiger charge is 2.06. The lowest BCUT2D eigenvalue weighted by Gasteiger charge is -2.05. The van der Waals surface area contributed by atoms with Crippen LogP contribution in [0.15, 0.2) is 6.07 Å². The zero-order chi connectivity index (χ0) is 12.8. The van der Waals surface area contributed by atoms with Crippen LogP contribution in [0.25, 0.3) is 0 Å². The Labute approximate surface area is 103 Å². The third-order valence-electron chi connectivity index (χ3n) is 3.01. The Morgan fingerprint density at radius 3 is 2.71 bits per heavy atom. The van der Waals surface area contributed by atoms with Gasteiger partial charge in [-0.25, -0.2) is 0 Å². The highest BCUT2D eigenvalue weighted by Crippen LogP contribution is 2.12. The average Bonchev–Trinajstić information content (AvgIpc) is 2.53. The second kappa shape index (κ2) is 6.45. The maximum absolute atomic E-state index is 11.1. The van der Waals surface area contributed by atoms with Gasteiger partial charge in [0.2, 0.25) is 0 Å². The summed E-state index contributed by atoms with van der Waals surface area (Å²) in [6, 6.07) is 2.17. The molecule has 0 aromatic carbocycles. The maximum Gasteiger partial charge on any atom is 0.307 e. The lowest BCUT2D eigenvalue weighted by molar-refractivity contribution is -0.142.